The number of aromatic nitrogens is 3. The second kappa shape index (κ2) is 16.4. The molecule has 0 spiro atoms. The highest BCUT2D eigenvalue weighted by atomic mass is 32.1. The Kier molecular flexibility index (Phi) is 13.0. The molecule has 1 aromatic carbocycles. The molecule has 4 rings (SSSR count). The molecule has 1 fully saturated rings. The zero-order valence-corrected chi connectivity index (χ0v) is 22.8. The average molecular weight is 587 g/mol. The molecule has 0 saturated carbocycles. The lowest BCUT2D eigenvalue weighted by Crippen LogP contribution is -2.54. The molecule has 1 unspecified atom stereocenters. The van der Waals surface area contributed by atoms with E-state index >= 15 is 0 Å². The number of carboxylic acid groups (broad SMARTS) is 4. The number of benzene rings is 1. The first-order valence-electron chi connectivity index (χ1n) is 12.1. The minimum absolute atomic E-state index is 0.00153. The quantitative estimate of drug-likeness (QED) is 0.236. The molecule has 6 N–H and O–H groups in total. The molecule has 15 heteroatoms. The molecule has 0 amide bonds. The van der Waals surface area contributed by atoms with Crippen molar-refractivity contribution in [2.24, 2.45) is 5.73 Å². The average Bonchev–Trinajstić information content (AvgIpc) is 3.34. The molecule has 1 atom stereocenters. The van der Waals surface area contributed by atoms with Crippen LogP contribution in [0.4, 0.5) is 5.95 Å². The Morgan fingerprint density at radius 2 is 1.37 bits per heavy atom. The lowest BCUT2D eigenvalue weighted by atomic mass is 10.2. The van der Waals surface area contributed by atoms with Crippen LogP contribution in [0, 0.1) is 6.92 Å². The number of piperazine rings is 1. The molecule has 3 aromatic rings. The van der Waals surface area contributed by atoms with Crippen molar-refractivity contribution in [3.63, 3.8) is 0 Å². The highest BCUT2D eigenvalue weighted by Crippen LogP contribution is 2.23. The number of para-hydroxylation sites is 1. The van der Waals surface area contributed by atoms with Crippen molar-refractivity contribution in [1.82, 2.24) is 19.9 Å². The van der Waals surface area contributed by atoms with Crippen molar-refractivity contribution in [3.05, 3.63) is 71.5 Å². The summed E-state index contributed by atoms with van der Waals surface area (Å²) in [6.45, 7) is 5.64. The molecular formula is C26H30N6O8S. The monoisotopic (exact) mass is 586 g/mol. The van der Waals surface area contributed by atoms with Crippen LogP contribution in [0.3, 0.4) is 0 Å². The Balaban J connectivity index is 0.000000304. The highest BCUT2D eigenvalue weighted by molar-refractivity contribution is 7.18. The van der Waals surface area contributed by atoms with E-state index < -0.39 is 23.9 Å². The first kappa shape index (κ1) is 32.5. The number of nitrogens with two attached hydrogens (primary N) is 1. The minimum atomic E-state index is -1.26. The van der Waals surface area contributed by atoms with Crippen LogP contribution in [0.1, 0.15) is 10.6 Å². The number of thiazole rings is 1. The van der Waals surface area contributed by atoms with E-state index in [-0.39, 0.29) is 6.17 Å². The van der Waals surface area contributed by atoms with Crippen LogP contribution in [0.5, 0.6) is 0 Å². The molecule has 1 aliphatic heterocycles. The predicted octanol–water partition coefficient (Wildman–Crippen LogP) is 1.47. The van der Waals surface area contributed by atoms with Crippen LogP contribution in [-0.2, 0) is 25.6 Å². The topological polar surface area (TPSA) is 220 Å². The van der Waals surface area contributed by atoms with Crippen LogP contribution in [0.25, 0.3) is 10.2 Å². The number of fused-ring (bicyclic) bond motifs is 1. The lowest BCUT2D eigenvalue weighted by Gasteiger charge is -2.37. The highest BCUT2D eigenvalue weighted by Gasteiger charge is 2.23. The van der Waals surface area contributed by atoms with Gasteiger partial charge in [-0.1, -0.05) is 12.1 Å². The van der Waals surface area contributed by atoms with E-state index in [4.69, 9.17) is 31.1 Å². The molecule has 1 aliphatic rings. The third-order valence-corrected chi connectivity index (χ3v) is 6.35. The standard InChI is InChI=1S/C18H22N6S.2C4H4O4/c1-13-11-20-18(21-12-13)24-8-6-23(7-9-24)16(19)10-17-22-14-4-2-3-5-15(14)25-17;2*5-3(6)1-2-4(7)8/h2-5,11-12,16H,6-10,19H2,1H3;2*1-2H,(H,5,6)(H,7,8). The zero-order chi connectivity index (χ0) is 30.4. The van der Waals surface area contributed by atoms with Crippen molar-refractivity contribution in [2.75, 3.05) is 31.1 Å². The van der Waals surface area contributed by atoms with E-state index in [1.807, 2.05) is 25.4 Å². The summed E-state index contributed by atoms with van der Waals surface area (Å²) in [6.07, 6.45) is 6.76. The molecular weight excluding hydrogens is 556 g/mol. The first-order chi connectivity index (χ1) is 19.4. The van der Waals surface area contributed by atoms with Crippen molar-refractivity contribution in [2.45, 2.75) is 19.5 Å². The lowest BCUT2D eigenvalue weighted by molar-refractivity contribution is -0.134. The van der Waals surface area contributed by atoms with Crippen molar-refractivity contribution in [1.29, 1.82) is 0 Å². The summed E-state index contributed by atoms with van der Waals surface area (Å²) in [7, 11) is 0. The van der Waals surface area contributed by atoms with Gasteiger partial charge in [0.05, 0.1) is 21.4 Å². The number of hydrogen-bond acceptors (Lipinski definition) is 11. The fourth-order valence-corrected chi connectivity index (χ4v) is 4.42. The van der Waals surface area contributed by atoms with Gasteiger partial charge in [0, 0.05) is 69.3 Å². The van der Waals surface area contributed by atoms with Gasteiger partial charge in [-0.2, -0.15) is 0 Å². The van der Waals surface area contributed by atoms with E-state index in [1.54, 1.807) is 11.3 Å². The molecule has 14 nitrogen and oxygen atoms in total. The van der Waals surface area contributed by atoms with Crippen LogP contribution < -0.4 is 10.6 Å². The number of rotatable bonds is 8. The second-order valence-corrected chi connectivity index (χ2v) is 9.57. The van der Waals surface area contributed by atoms with E-state index in [0.717, 1.165) is 54.6 Å². The molecule has 0 bridgehead atoms. The molecule has 0 radical (unpaired) electrons. The summed E-state index contributed by atoms with van der Waals surface area (Å²) in [6, 6.07) is 8.25. The Morgan fingerprint density at radius 3 is 1.83 bits per heavy atom. The van der Waals surface area contributed by atoms with Crippen LogP contribution in [0.15, 0.2) is 61.0 Å². The maximum absolute atomic E-state index is 9.55. The third-order valence-electron chi connectivity index (χ3n) is 5.29. The minimum Gasteiger partial charge on any atom is -0.478 e. The normalized spacial score (nSPS) is 14.1. The van der Waals surface area contributed by atoms with E-state index in [9.17, 15) is 19.2 Å². The summed E-state index contributed by atoms with van der Waals surface area (Å²) in [4.78, 5) is 56.3. The van der Waals surface area contributed by atoms with Crippen molar-refractivity contribution in [3.8, 4) is 0 Å². The smallest absolute Gasteiger partial charge is 0.328 e. The summed E-state index contributed by atoms with van der Waals surface area (Å²) in [5, 5.41) is 32.4. The summed E-state index contributed by atoms with van der Waals surface area (Å²) in [5.41, 5.74) is 8.60. The van der Waals surface area contributed by atoms with E-state index in [2.05, 4.69) is 38.0 Å². The van der Waals surface area contributed by atoms with Gasteiger partial charge in [0.2, 0.25) is 5.95 Å². The largest absolute Gasteiger partial charge is 0.478 e. The maximum atomic E-state index is 9.55. The van der Waals surface area contributed by atoms with Gasteiger partial charge in [0.15, 0.2) is 0 Å². The van der Waals surface area contributed by atoms with Crippen molar-refractivity contribution >= 4 is 51.4 Å². The fourth-order valence-electron chi connectivity index (χ4n) is 3.40. The van der Waals surface area contributed by atoms with Gasteiger partial charge in [-0.25, -0.2) is 34.1 Å². The van der Waals surface area contributed by atoms with Crippen molar-refractivity contribution < 1.29 is 39.6 Å². The number of hydrogen-bond donors (Lipinski definition) is 5. The van der Waals surface area contributed by atoms with Gasteiger partial charge in [-0.3, -0.25) is 4.90 Å². The fraction of sp³-hybridized carbons (Fsp3) is 0.269. The van der Waals surface area contributed by atoms with Gasteiger partial charge in [-0.05, 0) is 24.6 Å². The molecule has 0 aliphatic carbocycles. The van der Waals surface area contributed by atoms with Gasteiger partial charge >= 0.3 is 23.9 Å². The number of nitrogens with zero attached hydrogens (tertiary/aromatic N) is 5. The van der Waals surface area contributed by atoms with Gasteiger partial charge in [0.1, 0.15) is 0 Å². The Morgan fingerprint density at radius 1 is 0.878 bits per heavy atom. The molecule has 218 valence electrons. The van der Waals surface area contributed by atoms with Gasteiger partial charge < -0.3 is 31.1 Å². The van der Waals surface area contributed by atoms with E-state index in [1.165, 1.54) is 4.70 Å². The zero-order valence-electron chi connectivity index (χ0n) is 22.0. The molecule has 2 aromatic heterocycles. The van der Waals surface area contributed by atoms with Crippen LogP contribution in [0.2, 0.25) is 0 Å². The molecule has 1 saturated heterocycles. The second-order valence-electron chi connectivity index (χ2n) is 8.45. The summed E-state index contributed by atoms with van der Waals surface area (Å²) in [5.74, 6) is -4.22. The number of aliphatic carboxylic acids is 4. The molecule has 3 heterocycles. The summed E-state index contributed by atoms with van der Waals surface area (Å²) < 4.78 is 1.23. The Labute approximate surface area is 238 Å². The molecule has 41 heavy (non-hydrogen) atoms. The summed E-state index contributed by atoms with van der Waals surface area (Å²) >= 11 is 1.74. The Bertz CT molecular complexity index is 1290. The predicted molar refractivity (Wildman–Crippen MR) is 151 cm³/mol. The number of aryl methyl sites for hydroxylation is 1. The Hall–Kier alpha value is -4.73. The van der Waals surface area contributed by atoms with Crippen LogP contribution in [-0.4, -0.2) is 96.5 Å². The van der Waals surface area contributed by atoms with Gasteiger partial charge in [0.25, 0.3) is 0 Å². The number of carbonyl (C=O) groups is 4. The van der Waals surface area contributed by atoms with Crippen LogP contribution >= 0.6 is 11.3 Å². The SMILES string of the molecule is Cc1cnc(N2CCN(C(N)Cc3nc4ccccc4s3)CC2)nc1.O=C(O)C=CC(=O)O.O=C(O)C=CC(=O)O. The van der Waals surface area contributed by atoms with E-state index in [0.29, 0.717) is 24.3 Å². The third kappa shape index (κ3) is 12.3. The number of anilines is 1. The maximum Gasteiger partial charge on any atom is 0.328 e. The number of carboxylic acids is 4. The van der Waals surface area contributed by atoms with Gasteiger partial charge in [-0.15, -0.1) is 11.3 Å². The first-order valence-corrected chi connectivity index (χ1v) is 12.9.